The van der Waals surface area contributed by atoms with Crippen molar-refractivity contribution in [2.75, 3.05) is 0 Å². The smallest absolute Gasteiger partial charge is 0.242 e. The molecule has 0 saturated carbocycles. The topological polar surface area (TPSA) is 38.3 Å². The summed E-state index contributed by atoms with van der Waals surface area (Å²) in [6, 6.07) is 16.3. The maximum absolute atomic E-state index is 12.2. The molecule has 4 heteroatoms. The average Bonchev–Trinajstić information content (AvgIpc) is 2.53. The van der Waals surface area contributed by atoms with E-state index in [0.29, 0.717) is 13.0 Å². The summed E-state index contributed by atoms with van der Waals surface area (Å²) in [5.74, 6) is 0.913. The van der Waals surface area contributed by atoms with E-state index in [-0.39, 0.29) is 11.3 Å². The molecule has 1 N–H and O–H groups in total. The van der Waals surface area contributed by atoms with Crippen molar-refractivity contribution in [3.05, 3.63) is 65.2 Å². The van der Waals surface area contributed by atoms with Gasteiger partial charge in [0.25, 0.3) is 0 Å². The van der Waals surface area contributed by atoms with E-state index >= 15 is 0 Å². The zero-order valence-corrected chi connectivity index (χ0v) is 17.8. The number of benzene rings is 2. The van der Waals surface area contributed by atoms with Crippen LogP contribution in [-0.4, -0.2) is 14.2 Å². The summed E-state index contributed by atoms with van der Waals surface area (Å²) in [5, 5.41) is 3.00. The Labute approximate surface area is 158 Å². The van der Waals surface area contributed by atoms with E-state index in [2.05, 4.69) is 70.0 Å². The standard InChI is InChI=1S/C22H31NO2Si/c1-22(2,3)19-11-7-18(8-12-19)16-23-21(24)15-17-9-13-20(14-10-17)25-26(4,5)6/h7-14H,15-16H2,1-6H3,(H,23,24). The van der Waals surface area contributed by atoms with Crippen molar-refractivity contribution in [2.24, 2.45) is 0 Å². The SMILES string of the molecule is CC(C)(C)c1ccc(CNC(=O)Cc2ccc(O[Si](C)(C)C)cc2)cc1. The van der Waals surface area contributed by atoms with Gasteiger partial charge in [-0.2, -0.15) is 0 Å². The molecule has 1 amide bonds. The lowest BCUT2D eigenvalue weighted by Gasteiger charge is -2.19. The van der Waals surface area contributed by atoms with E-state index < -0.39 is 8.32 Å². The second-order valence-corrected chi connectivity index (χ2v) is 13.2. The molecule has 0 atom stereocenters. The average molecular weight is 370 g/mol. The molecule has 0 fully saturated rings. The maximum atomic E-state index is 12.2. The Morgan fingerprint density at radius 3 is 1.96 bits per heavy atom. The van der Waals surface area contributed by atoms with Crippen LogP contribution >= 0.6 is 0 Å². The van der Waals surface area contributed by atoms with Crippen molar-refractivity contribution in [3.8, 4) is 5.75 Å². The number of amides is 1. The predicted octanol–water partition coefficient (Wildman–Crippen LogP) is 5.06. The summed E-state index contributed by atoms with van der Waals surface area (Å²) in [7, 11) is -1.59. The monoisotopic (exact) mass is 369 g/mol. The van der Waals surface area contributed by atoms with E-state index in [9.17, 15) is 4.79 Å². The minimum atomic E-state index is -1.59. The Balaban J connectivity index is 1.85. The molecule has 140 valence electrons. The van der Waals surface area contributed by atoms with Gasteiger partial charge in [0.05, 0.1) is 6.42 Å². The molecule has 3 nitrogen and oxygen atoms in total. The Hall–Kier alpha value is -2.07. The molecule has 0 aliphatic rings. The van der Waals surface area contributed by atoms with Crippen molar-refractivity contribution in [1.29, 1.82) is 0 Å². The molecule has 0 radical (unpaired) electrons. The van der Waals surface area contributed by atoms with E-state index in [1.807, 2.05) is 24.3 Å². The fourth-order valence-electron chi connectivity index (χ4n) is 2.60. The first-order chi connectivity index (χ1) is 12.0. The summed E-state index contributed by atoms with van der Waals surface area (Å²) >= 11 is 0. The van der Waals surface area contributed by atoms with Gasteiger partial charge in [-0.05, 0) is 53.9 Å². The molecule has 0 saturated heterocycles. The molecule has 0 unspecified atom stereocenters. The van der Waals surface area contributed by atoms with Crippen LogP contribution in [0.3, 0.4) is 0 Å². The summed E-state index contributed by atoms with van der Waals surface area (Å²) in [5.41, 5.74) is 3.56. The predicted molar refractivity (Wildman–Crippen MR) is 111 cm³/mol. The first-order valence-corrected chi connectivity index (χ1v) is 12.6. The van der Waals surface area contributed by atoms with Crippen LogP contribution in [0.15, 0.2) is 48.5 Å². The van der Waals surface area contributed by atoms with Crippen molar-refractivity contribution in [1.82, 2.24) is 5.32 Å². The molecular formula is C22H31NO2Si. The van der Waals surface area contributed by atoms with Crippen LogP contribution in [0, 0.1) is 0 Å². The lowest BCUT2D eigenvalue weighted by Crippen LogP contribution is -2.29. The fraction of sp³-hybridized carbons (Fsp3) is 0.409. The molecule has 0 aliphatic heterocycles. The van der Waals surface area contributed by atoms with Crippen molar-refractivity contribution in [2.45, 2.75) is 58.8 Å². The Morgan fingerprint density at radius 1 is 0.923 bits per heavy atom. The van der Waals surface area contributed by atoms with Crippen LogP contribution in [0.2, 0.25) is 19.6 Å². The molecule has 2 aromatic carbocycles. The largest absolute Gasteiger partial charge is 0.544 e. The Kier molecular flexibility index (Phi) is 6.29. The van der Waals surface area contributed by atoms with E-state index in [1.165, 1.54) is 5.56 Å². The van der Waals surface area contributed by atoms with Crippen LogP contribution in [0.25, 0.3) is 0 Å². The zero-order valence-electron chi connectivity index (χ0n) is 16.8. The van der Waals surface area contributed by atoms with E-state index in [4.69, 9.17) is 4.43 Å². The van der Waals surface area contributed by atoms with Crippen LogP contribution in [0.4, 0.5) is 0 Å². The van der Waals surface area contributed by atoms with Gasteiger partial charge in [0.2, 0.25) is 14.2 Å². The molecule has 26 heavy (non-hydrogen) atoms. The normalized spacial score (nSPS) is 11.9. The van der Waals surface area contributed by atoms with Gasteiger partial charge < -0.3 is 9.74 Å². The number of nitrogens with one attached hydrogen (secondary N) is 1. The highest BCUT2D eigenvalue weighted by atomic mass is 28.4. The quantitative estimate of drug-likeness (QED) is 0.723. The molecule has 0 spiro atoms. The second-order valence-electron chi connectivity index (χ2n) is 8.76. The third-order valence-corrected chi connectivity index (χ3v) is 4.87. The minimum absolute atomic E-state index is 0.0313. The molecule has 0 bridgehead atoms. The van der Waals surface area contributed by atoms with Gasteiger partial charge >= 0.3 is 0 Å². The fourth-order valence-corrected chi connectivity index (χ4v) is 3.44. The highest BCUT2D eigenvalue weighted by molar-refractivity contribution is 6.70. The third-order valence-electron chi connectivity index (χ3n) is 4.02. The van der Waals surface area contributed by atoms with E-state index in [1.54, 1.807) is 0 Å². The van der Waals surface area contributed by atoms with Gasteiger partial charge in [-0.3, -0.25) is 4.79 Å². The summed E-state index contributed by atoms with van der Waals surface area (Å²) in [4.78, 5) is 12.2. The summed E-state index contributed by atoms with van der Waals surface area (Å²) in [6.45, 7) is 13.6. The second kappa shape index (κ2) is 8.08. The Morgan fingerprint density at radius 2 is 1.46 bits per heavy atom. The van der Waals surface area contributed by atoms with Gasteiger partial charge in [-0.1, -0.05) is 57.2 Å². The van der Waals surface area contributed by atoms with Gasteiger partial charge in [0.1, 0.15) is 5.75 Å². The van der Waals surface area contributed by atoms with E-state index in [0.717, 1.165) is 16.9 Å². The highest BCUT2D eigenvalue weighted by Crippen LogP contribution is 2.22. The number of carbonyl (C=O) groups is 1. The number of hydrogen-bond acceptors (Lipinski definition) is 2. The lowest BCUT2D eigenvalue weighted by atomic mass is 9.87. The molecule has 2 rings (SSSR count). The van der Waals surface area contributed by atoms with Crippen LogP contribution in [-0.2, 0) is 23.2 Å². The van der Waals surface area contributed by atoms with Gasteiger partial charge in [-0.25, -0.2) is 0 Å². The number of rotatable bonds is 6. The van der Waals surface area contributed by atoms with Gasteiger partial charge in [-0.15, -0.1) is 0 Å². The van der Waals surface area contributed by atoms with Crippen molar-refractivity contribution < 1.29 is 9.22 Å². The molecule has 0 aromatic heterocycles. The van der Waals surface area contributed by atoms with Crippen LogP contribution < -0.4 is 9.74 Å². The van der Waals surface area contributed by atoms with Crippen LogP contribution in [0.1, 0.15) is 37.5 Å². The van der Waals surface area contributed by atoms with Crippen molar-refractivity contribution in [3.63, 3.8) is 0 Å². The molecule has 2 aromatic rings. The third kappa shape index (κ3) is 6.68. The minimum Gasteiger partial charge on any atom is -0.544 e. The first kappa shape index (κ1) is 20.2. The number of hydrogen-bond donors (Lipinski definition) is 1. The van der Waals surface area contributed by atoms with Crippen LogP contribution in [0.5, 0.6) is 5.75 Å². The molecular weight excluding hydrogens is 338 g/mol. The number of carbonyl (C=O) groups excluding carboxylic acids is 1. The van der Waals surface area contributed by atoms with Gasteiger partial charge in [0.15, 0.2) is 0 Å². The summed E-state index contributed by atoms with van der Waals surface area (Å²) < 4.78 is 5.94. The van der Waals surface area contributed by atoms with Gasteiger partial charge in [0, 0.05) is 6.54 Å². The highest BCUT2D eigenvalue weighted by Gasteiger charge is 2.16. The molecule has 0 aliphatic carbocycles. The zero-order chi connectivity index (χ0) is 19.4. The lowest BCUT2D eigenvalue weighted by molar-refractivity contribution is -0.120. The van der Waals surface area contributed by atoms with Crippen molar-refractivity contribution >= 4 is 14.2 Å². The Bertz CT molecular complexity index is 723. The maximum Gasteiger partial charge on any atom is 0.242 e. The first-order valence-electron chi connectivity index (χ1n) is 9.17. The summed E-state index contributed by atoms with van der Waals surface area (Å²) in [6.07, 6.45) is 0.382. The molecule has 0 heterocycles.